The first-order valence-corrected chi connectivity index (χ1v) is 10.2. The molecular formula is C25H20N4O2. The molecule has 152 valence electrons. The molecule has 6 heteroatoms. The van der Waals surface area contributed by atoms with E-state index in [1.165, 1.54) is 5.39 Å². The summed E-state index contributed by atoms with van der Waals surface area (Å²) >= 11 is 0. The van der Waals surface area contributed by atoms with Gasteiger partial charge in [-0.2, -0.15) is 0 Å². The van der Waals surface area contributed by atoms with Gasteiger partial charge in [-0.1, -0.05) is 18.2 Å². The number of nitrogens with zero attached hydrogens (tertiary/aromatic N) is 4. The van der Waals surface area contributed by atoms with Gasteiger partial charge in [0.1, 0.15) is 5.82 Å². The molecule has 0 aliphatic carbocycles. The van der Waals surface area contributed by atoms with Gasteiger partial charge in [0.2, 0.25) is 0 Å². The Hall–Kier alpha value is -4.06. The minimum Gasteiger partial charge on any atom is -0.504 e. The van der Waals surface area contributed by atoms with Crippen molar-refractivity contribution in [2.75, 3.05) is 0 Å². The van der Waals surface area contributed by atoms with Gasteiger partial charge in [-0.05, 0) is 54.6 Å². The quantitative estimate of drug-likeness (QED) is 0.410. The molecule has 0 radical (unpaired) electrons. The van der Waals surface area contributed by atoms with Crippen LogP contribution in [0.3, 0.4) is 0 Å². The summed E-state index contributed by atoms with van der Waals surface area (Å²) in [4.78, 5) is 9.38. The van der Waals surface area contributed by atoms with E-state index in [2.05, 4.69) is 44.6 Å². The zero-order chi connectivity index (χ0) is 21.1. The normalized spacial score (nSPS) is 12.7. The highest BCUT2D eigenvalue weighted by Crippen LogP contribution is 2.42. The van der Waals surface area contributed by atoms with Crippen LogP contribution in [0.25, 0.3) is 39.1 Å². The third-order valence-electron chi connectivity index (χ3n) is 6.09. The molecule has 6 rings (SSSR count). The molecule has 2 N–H and O–H groups in total. The van der Waals surface area contributed by atoms with Crippen molar-refractivity contribution in [3.05, 3.63) is 78.5 Å². The van der Waals surface area contributed by atoms with Crippen LogP contribution in [-0.2, 0) is 13.0 Å². The Labute approximate surface area is 178 Å². The molecule has 0 bridgehead atoms. The van der Waals surface area contributed by atoms with Crippen LogP contribution in [0, 0.1) is 6.92 Å². The fourth-order valence-corrected chi connectivity index (χ4v) is 4.59. The van der Waals surface area contributed by atoms with Gasteiger partial charge >= 0.3 is 0 Å². The number of aryl methyl sites for hydroxylation is 2. The first-order chi connectivity index (χ1) is 15.1. The number of hydrogen-bond donors (Lipinski definition) is 2. The van der Waals surface area contributed by atoms with Crippen LogP contribution in [0.5, 0.6) is 11.5 Å². The molecular weight excluding hydrogens is 388 g/mol. The lowest BCUT2D eigenvalue weighted by atomic mass is 9.95. The molecule has 1 aliphatic heterocycles. The molecule has 0 amide bonds. The van der Waals surface area contributed by atoms with Crippen LogP contribution in [0.2, 0.25) is 0 Å². The SMILES string of the molecule is Cc1nc(-c2cncc(-n3ccc4ccccc43)c2)c2n1CCc1cc(O)c(O)cc1-2. The summed E-state index contributed by atoms with van der Waals surface area (Å²) in [5, 5.41) is 21.3. The van der Waals surface area contributed by atoms with Crippen LogP contribution in [0.1, 0.15) is 11.4 Å². The largest absolute Gasteiger partial charge is 0.504 e. The maximum Gasteiger partial charge on any atom is 0.158 e. The van der Waals surface area contributed by atoms with Crippen LogP contribution in [0.15, 0.2) is 67.1 Å². The summed E-state index contributed by atoms with van der Waals surface area (Å²) in [5.41, 5.74) is 6.67. The van der Waals surface area contributed by atoms with Crippen molar-refractivity contribution in [3.63, 3.8) is 0 Å². The van der Waals surface area contributed by atoms with E-state index in [1.807, 2.05) is 31.5 Å². The minimum atomic E-state index is -0.123. The molecule has 5 aromatic rings. The molecule has 0 spiro atoms. The molecule has 2 aromatic carbocycles. The third-order valence-corrected chi connectivity index (χ3v) is 6.09. The molecule has 0 fully saturated rings. The van der Waals surface area contributed by atoms with E-state index < -0.39 is 0 Å². The van der Waals surface area contributed by atoms with Crippen molar-refractivity contribution in [2.24, 2.45) is 0 Å². The van der Waals surface area contributed by atoms with Gasteiger partial charge in [0.05, 0.1) is 28.8 Å². The minimum absolute atomic E-state index is 0.0897. The van der Waals surface area contributed by atoms with E-state index >= 15 is 0 Å². The monoisotopic (exact) mass is 408 g/mol. The number of para-hydroxylation sites is 1. The summed E-state index contributed by atoms with van der Waals surface area (Å²) in [6.45, 7) is 2.77. The van der Waals surface area contributed by atoms with Crippen LogP contribution >= 0.6 is 0 Å². The number of imidazole rings is 1. The van der Waals surface area contributed by atoms with Crippen molar-refractivity contribution in [1.82, 2.24) is 19.1 Å². The smallest absolute Gasteiger partial charge is 0.158 e. The van der Waals surface area contributed by atoms with Crippen LogP contribution in [-0.4, -0.2) is 29.3 Å². The summed E-state index contributed by atoms with van der Waals surface area (Å²) in [6.07, 6.45) is 6.51. The second-order valence-corrected chi connectivity index (χ2v) is 7.93. The fraction of sp³-hybridized carbons (Fsp3) is 0.120. The van der Waals surface area contributed by atoms with Crippen molar-refractivity contribution in [2.45, 2.75) is 19.9 Å². The van der Waals surface area contributed by atoms with Gasteiger partial charge in [0.15, 0.2) is 11.5 Å². The van der Waals surface area contributed by atoms with E-state index in [9.17, 15) is 10.2 Å². The van der Waals surface area contributed by atoms with Crippen LogP contribution in [0.4, 0.5) is 0 Å². The molecule has 6 nitrogen and oxygen atoms in total. The first kappa shape index (κ1) is 17.8. The Morgan fingerprint density at radius 1 is 0.968 bits per heavy atom. The molecule has 31 heavy (non-hydrogen) atoms. The maximum absolute atomic E-state index is 10.1. The highest BCUT2D eigenvalue weighted by atomic mass is 16.3. The molecule has 4 heterocycles. The average molecular weight is 408 g/mol. The van der Waals surface area contributed by atoms with Gasteiger partial charge in [-0.15, -0.1) is 0 Å². The van der Waals surface area contributed by atoms with E-state index in [1.54, 1.807) is 12.1 Å². The second kappa shape index (κ2) is 6.47. The van der Waals surface area contributed by atoms with Gasteiger partial charge < -0.3 is 19.3 Å². The van der Waals surface area contributed by atoms with Crippen molar-refractivity contribution in [1.29, 1.82) is 0 Å². The zero-order valence-electron chi connectivity index (χ0n) is 16.9. The molecule has 3 aromatic heterocycles. The predicted molar refractivity (Wildman–Crippen MR) is 119 cm³/mol. The van der Waals surface area contributed by atoms with Gasteiger partial charge in [-0.3, -0.25) is 4.98 Å². The third kappa shape index (κ3) is 2.65. The van der Waals surface area contributed by atoms with Gasteiger partial charge in [0, 0.05) is 30.1 Å². The van der Waals surface area contributed by atoms with E-state index in [0.717, 1.165) is 58.1 Å². The Morgan fingerprint density at radius 3 is 2.71 bits per heavy atom. The molecule has 1 aliphatic rings. The Bertz CT molecular complexity index is 1480. The second-order valence-electron chi connectivity index (χ2n) is 7.93. The van der Waals surface area contributed by atoms with E-state index in [0.29, 0.717) is 0 Å². The topological polar surface area (TPSA) is 76.1 Å². The van der Waals surface area contributed by atoms with E-state index in [-0.39, 0.29) is 11.5 Å². The Balaban J connectivity index is 1.54. The number of benzene rings is 2. The number of phenols is 2. The number of aromatic hydroxyl groups is 2. The Kier molecular flexibility index (Phi) is 3.71. The highest BCUT2D eigenvalue weighted by Gasteiger charge is 2.25. The Morgan fingerprint density at radius 2 is 1.81 bits per heavy atom. The number of aromatic nitrogens is 4. The lowest BCUT2D eigenvalue weighted by molar-refractivity contribution is 0.403. The number of fused-ring (bicyclic) bond motifs is 4. The highest BCUT2D eigenvalue weighted by molar-refractivity contribution is 5.85. The molecule has 0 unspecified atom stereocenters. The molecule has 0 saturated carbocycles. The van der Waals surface area contributed by atoms with Crippen molar-refractivity contribution < 1.29 is 10.2 Å². The number of pyridine rings is 1. The van der Waals surface area contributed by atoms with Crippen molar-refractivity contribution in [3.8, 4) is 39.7 Å². The predicted octanol–water partition coefficient (Wildman–Crippen LogP) is 4.83. The van der Waals surface area contributed by atoms with Crippen molar-refractivity contribution >= 4 is 10.9 Å². The lowest BCUT2D eigenvalue weighted by Crippen LogP contribution is -2.12. The van der Waals surface area contributed by atoms with Crippen LogP contribution < -0.4 is 0 Å². The summed E-state index contributed by atoms with van der Waals surface area (Å²) < 4.78 is 4.30. The average Bonchev–Trinajstić information content (AvgIpc) is 3.36. The van der Waals surface area contributed by atoms with Gasteiger partial charge in [-0.25, -0.2) is 4.98 Å². The standard InChI is InChI=1S/C25H20N4O2/c1-15-27-24(25-20-12-23(31)22(30)11-17(20)7-8-28(15)25)18-10-19(14-26-13-18)29-9-6-16-4-2-3-5-21(16)29/h2-6,9-14,30-31H,7-8H2,1H3. The molecule has 0 atom stereocenters. The summed E-state index contributed by atoms with van der Waals surface area (Å²) in [7, 11) is 0. The summed E-state index contributed by atoms with van der Waals surface area (Å²) in [5.74, 6) is 0.704. The molecule has 0 saturated heterocycles. The number of hydrogen-bond acceptors (Lipinski definition) is 4. The lowest BCUT2D eigenvalue weighted by Gasteiger charge is -2.21. The van der Waals surface area contributed by atoms with E-state index in [4.69, 9.17) is 4.98 Å². The maximum atomic E-state index is 10.1. The first-order valence-electron chi connectivity index (χ1n) is 10.2. The fourth-order valence-electron chi connectivity index (χ4n) is 4.59. The number of rotatable bonds is 2. The summed E-state index contributed by atoms with van der Waals surface area (Å²) in [6, 6.07) is 15.7. The van der Waals surface area contributed by atoms with Gasteiger partial charge in [0.25, 0.3) is 0 Å². The zero-order valence-corrected chi connectivity index (χ0v) is 16.9. The number of phenolic OH excluding ortho intramolecular Hbond substituents is 2.